The summed E-state index contributed by atoms with van der Waals surface area (Å²) in [5, 5.41) is 10.7. The minimum Gasteiger partial charge on any atom is -0.494 e. The molecule has 1 aliphatic rings. The van der Waals surface area contributed by atoms with Gasteiger partial charge in [-0.1, -0.05) is 35.9 Å². The fraction of sp³-hybridized carbons (Fsp3) is 0.370. The van der Waals surface area contributed by atoms with Gasteiger partial charge < -0.3 is 24.2 Å². The Morgan fingerprint density at radius 3 is 2.25 bits per heavy atom. The van der Waals surface area contributed by atoms with Gasteiger partial charge in [-0.25, -0.2) is 0 Å². The topological polar surface area (TPSA) is 103 Å². The molecule has 1 saturated heterocycles. The molecule has 0 bridgehead atoms. The summed E-state index contributed by atoms with van der Waals surface area (Å²) in [6, 6.07) is 13.2. The highest BCUT2D eigenvalue weighted by Gasteiger charge is 2.36. The number of likely N-dealkylation sites (tertiary alicyclic amines) is 1. The smallest absolute Gasteiger partial charge is 0.275 e. The van der Waals surface area contributed by atoms with Crippen LogP contribution in [0.3, 0.4) is 0 Å². The Bertz CT molecular complexity index is 1290. The molecule has 9 heteroatoms. The van der Waals surface area contributed by atoms with Crippen LogP contribution in [0, 0.1) is 6.92 Å². The second-order valence-corrected chi connectivity index (χ2v) is 9.06. The van der Waals surface area contributed by atoms with Crippen molar-refractivity contribution in [2.75, 3.05) is 27.3 Å². The molecule has 1 amide bonds. The van der Waals surface area contributed by atoms with Crippen molar-refractivity contribution in [3.8, 4) is 23.1 Å². The molecular formula is C27H31N3O6. The van der Waals surface area contributed by atoms with Crippen LogP contribution in [0.15, 0.2) is 47.3 Å². The lowest BCUT2D eigenvalue weighted by Gasteiger charge is -2.39. The lowest BCUT2D eigenvalue weighted by Crippen LogP contribution is -2.50. The summed E-state index contributed by atoms with van der Waals surface area (Å²) in [6.07, 6.45) is -0.154. The molecule has 1 aliphatic heterocycles. The first-order valence-electron chi connectivity index (χ1n) is 11.8. The summed E-state index contributed by atoms with van der Waals surface area (Å²) in [7, 11) is 2.94. The first-order valence-corrected chi connectivity index (χ1v) is 11.8. The molecule has 0 radical (unpaired) electrons. The van der Waals surface area contributed by atoms with Crippen molar-refractivity contribution >= 4 is 5.91 Å². The van der Waals surface area contributed by atoms with Crippen LogP contribution in [0.5, 0.6) is 17.4 Å². The van der Waals surface area contributed by atoms with Crippen LogP contribution in [-0.2, 0) is 11.3 Å². The number of aryl methyl sites for hydroxylation is 1. The van der Waals surface area contributed by atoms with Crippen LogP contribution in [0.2, 0.25) is 0 Å². The van der Waals surface area contributed by atoms with Crippen LogP contribution in [0.1, 0.15) is 47.1 Å². The van der Waals surface area contributed by atoms with Crippen molar-refractivity contribution in [1.82, 2.24) is 14.5 Å². The van der Waals surface area contributed by atoms with E-state index in [1.807, 2.05) is 45.0 Å². The van der Waals surface area contributed by atoms with Gasteiger partial charge in [0.2, 0.25) is 5.88 Å². The Morgan fingerprint density at radius 1 is 1.08 bits per heavy atom. The third-order valence-corrected chi connectivity index (χ3v) is 6.24. The largest absolute Gasteiger partial charge is 0.494 e. The van der Waals surface area contributed by atoms with Gasteiger partial charge in [-0.15, -0.1) is 0 Å². The number of carbonyl (C=O) groups is 1. The predicted molar refractivity (Wildman–Crippen MR) is 134 cm³/mol. The molecule has 1 N–H and O–H groups in total. The molecule has 0 spiro atoms. The van der Waals surface area contributed by atoms with Gasteiger partial charge in [-0.3, -0.25) is 14.2 Å². The van der Waals surface area contributed by atoms with Crippen LogP contribution in [0.25, 0.3) is 5.69 Å². The molecule has 0 atom stereocenters. The molecule has 2 heterocycles. The molecule has 190 valence electrons. The summed E-state index contributed by atoms with van der Waals surface area (Å²) in [4.78, 5) is 33.0. The number of rotatable bonds is 8. The van der Waals surface area contributed by atoms with Gasteiger partial charge in [0, 0.05) is 19.0 Å². The molecule has 1 fully saturated rings. The van der Waals surface area contributed by atoms with Gasteiger partial charge >= 0.3 is 0 Å². The molecule has 1 aromatic heterocycles. The third-order valence-electron chi connectivity index (χ3n) is 6.24. The normalized spacial score (nSPS) is 13.6. The minimum atomic E-state index is -0.726. The van der Waals surface area contributed by atoms with E-state index in [1.54, 1.807) is 18.2 Å². The molecule has 9 nitrogen and oxygen atoms in total. The van der Waals surface area contributed by atoms with E-state index >= 15 is 0 Å². The highest BCUT2D eigenvalue weighted by atomic mass is 16.5. The Balaban J connectivity index is 1.76. The van der Waals surface area contributed by atoms with Crippen LogP contribution < -0.4 is 15.0 Å². The molecule has 2 aromatic carbocycles. The van der Waals surface area contributed by atoms with E-state index < -0.39 is 22.9 Å². The number of amides is 1. The number of ether oxygens (including phenoxy) is 3. The summed E-state index contributed by atoms with van der Waals surface area (Å²) in [5.74, 6) is -0.233. The van der Waals surface area contributed by atoms with Crippen molar-refractivity contribution in [1.29, 1.82) is 0 Å². The number of nitrogens with zero attached hydrogens (tertiary/aromatic N) is 3. The van der Waals surface area contributed by atoms with Crippen molar-refractivity contribution in [3.05, 3.63) is 75.3 Å². The molecular weight excluding hydrogens is 462 g/mol. The number of hydrogen-bond donors (Lipinski definition) is 1. The number of methoxy groups -OCH3 is 2. The SMILES string of the molecule is COc1cccc(OC)c1-n1c(COC(C)C)nc(O)c(C(=O)N2CC(c3ccc(C)cc3)C2)c1=O. The zero-order chi connectivity index (χ0) is 26.0. The van der Waals surface area contributed by atoms with E-state index in [9.17, 15) is 14.7 Å². The van der Waals surface area contributed by atoms with E-state index in [0.29, 0.717) is 24.6 Å². The average Bonchev–Trinajstić information content (AvgIpc) is 2.82. The Labute approximate surface area is 209 Å². The Kier molecular flexibility index (Phi) is 7.30. The lowest BCUT2D eigenvalue weighted by molar-refractivity contribution is 0.0569. The van der Waals surface area contributed by atoms with Crippen LogP contribution in [-0.4, -0.2) is 58.9 Å². The van der Waals surface area contributed by atoms with Crippen LogP contribution >= 0.6 is 0 Å². The Hall–Kier alpha value is -3.85. The summed E-state index contributed by atoms with van der Waals surface area (Å²) in [6.45, 7) is 6.52. The molecule has 0 unspecified atom stereocenters. The molecule has 36 heavy (non-hydrogen) atoms. The van der Waals surface area contributed by atoms with Gasteiger partial charge in [0.15, 0.2) is 5.56 Å². The quantitative estimate of drug-likeness (QED) is 0.513. The minimum absolute atomic E-state index is 0.0741. The second-order valence-electron chi connectivity index (χ2n) is 9.06. The average molecular weight is 494 g/mol. The number of para-hydroxylation sites is 1. The van der Waals surface area contributed by atoms with E-state index in [4.69, 9.17) is 14.2 Å². The van der Waals surface area contributed by atoms with Crippen molar-refractivity contribution < 1.29 is 24.1 Å². The molecule has 3 aromatic rings. The predicted octanol–water partition coefficient (Wildman–Crippen LogP) is 3.43. The summed E-state index contributed by atoms with van der Waals surface area (Å²) in [5.41, 5.74) is 1.44. The molecule has 4 rings (SSSR count). The number of carbonyl (C=O) groups excluding carboxylic acids is 1. The first kappa shape index (κ1) is 25.2. The fourth-order valence-electron chi connectivity index (χ4n) is 4.21. The second kappa shape index (κ2) is 10.4. The molecule has 0 aliphatic carbocycles. The van der Waals surface area contributed by atoms with E-state index in [-0.39, 0.29) is 30.1 Å². The zero-order valence-electron chi connectivity index (χ0n) is 21.1. The number of hydrogen-bond acceptors (Lipinski definition) is 7. The number of aromatic nitrogens is 2. The van der Waals surface area contributed by atoms with Crippen LogP contribution in [0.4, 0.5) is 0 Å². The lowest BCUT2D eigenvalue weighted by atomic mass is 9.90. The maximum absolute atomic E-state index is 13.8. The van der Waals surface area contributed by atoms with Gasteiger partial charge in [0.25, 0.3) is 11.5 Å². The number of aromatic hydroxyl groups is 1. The van der Waals surface area contributed by atoms with E-state index in [0.717, 1.165) is 11.1 Å². The highest BCUT2D eigenvalue weighted by Crippen LogP contribution is 2.34. The monoisotopic (exact) mass is 493 g/mol. The van der Waals surface area contributed by atoms with Crippen molar-refractivity contribution in [2.24, 2.45) is 0 Å². The van der Waals surface area contributed by atoms with Crippen molar-refractivity contribution in [2.45, 2.75) is 39.4 Å². The maximum atomic E-state index is 13.8. The van der Waals surface area contributed by atoms with Crippen molar-refractivity contribution in [3.63, 3.8) is 0 Å². The van der Waals surface area contributed by atoms with Gasteiger partial charge in [-0.2, -0.15) is 4.98 Å². The summed E-state index contributed by atoms with van der Waals surface area (Å²) < 4.78 is 17.9. The van der Waals surface area contributed by atoms with Gasteiger partial charge in [-0.05, 0) is 38.5 Å². The third kappa shape index (κ3) is 4.79. The standard InChI is InChI=1S/C27H31N3O6/c1-16(2)36-15-22-28-25(31)23(26(32)29-13-19(14-29)18-11-9-17(3)10-12-18)27(33)30(22)24-20(34-4)7-6-8-21(24)35-5/h6-12,16,19,31H,13-15H2,1-5H3. The fourth-order valence-corrected chi connectivity index (χ4v) is 4.21. The Morgan fingerprint density at radius 2 is 1.69 bits per heavy atom. The highest BCUT2D eigenvalue weighted by molar-refractivity contribution is 5.96. The maximum Gasteiger partial charge on any atom is 0.275 e. The first-order chi connectivity index (χ1) is 17.2. The van der Waals surface area contributed by atoms with E-state index in [1.165, 1.54) is 23.7 Å². The molecule has 0 saturated carbocycles. The van der Waals surface area contributed by atoms with Gasteiger partial charge in [0.05, 0.1) is 20.3 Å². The zero-order valence-corrected chi connectivity index (χ0v) is 21.1. The number of benzene rings is 2. The summed E-state index contributed by atoms with van der Waals surface area (Å²) >= 11 is 0. The van der Waals surface area contributed by atoms with Gasteiger partial charge in [0.1, 0.15) is 29.6 Å². The van der Waals surface area contributed by atoms with E-state index in [2.05, 4.69) is 4.98 Å².